The van der Waals surface area contributed by atoms with Crippen molar-refractivity contribution in [3.8, 4) is 0 Å². The zero-order valence-corrected chi connectivity index (χ0v) is 18.3. The third kappa shape index (κ3) is 6.90. The maximum atomic E-state index is 12.6. The number of halogens is 4. The molecule has 168 valence electrons. The van der Waals surface area contributed by atoms with Crippen molar-refractivity contribution in [2.75, 3.05) is 13.1 Å². The van der Waals surface area contributed by atoms with Crippen LogP contribution in [0.1, 0.15) is 18.1 Å². The molecule has 0 bridgehead atoms. The Morgan fingerprint density at radius 1 is 1.03 bits per heavy atom. The van der Waals surface area contributed by atoms with E-state index in [1.807, 2.05) is 0 Å². The molecule has 3 aromatic rings. The predicted molar refractivity (Wildman–Crippen MR) is 117 cm³/mol. The zero-order valence-electron chi connectivity index (χ0n) is 16.7. The minimum Gasteiger partial charge on any atom is -0.315 e. The van der Waals surface area contributed by atoms with Crippen LogP contribution in [0.2, 0.25) is 0 Å². The molecule has 0 aliphatic heterocycles. The lowest BCUT2D eigenvalue weighted by Gasteiger charge is -2.15. The third-order valence-electron chi connectivity index (χ3n) is 4.60. The topological polar surface area (TPSA) is 71.1 Å². The molecule has 0 aliphatic carbocycles. The molecule has 0 amide bonds. The van der Waals surface area contributed by atoms with Crippen molar-refractivity contribution in [3.05, 3.63) is 72.1 Å². The van der Waals surface area contributed by atoms with E-state index in [1.165, 1.54) is 18.2 Å². The summed E-state index contributed by atoms with van der Waals surface area (Å²) >= 11 is 0. The molecule has 31 heavy (non-hydrogen) atoms. The zero-order chi connectivity index (χ0) is 21.8. The Labute approximate surface area is 185 Å². The van der Waals surface area contributed by atoms with Crippen molar-refractivity contribution in [2.24, 2.45) is 0 Å². The van der Waals surface area contributed by atoms with E-state index in [2.05, 4.69) is 15.0 Å². The van der Waals surface area contributed by atoms with Crippen LogP contribution in [0, 0.1) is 0 Å². The molecule has 3 rings (SSSR count). The highest BCUT2D eigenvalue weighted by atomic mass is 35.5. The largest absolute Gasteiger partial charge is 0.416 e. The molecule has 1 atom stereocenters. The highest BCUT2D eigenvalue weighted by Crippen LogP contribution is 2.29. The summed E-state index contributed by atoms with van der Waals surface area (Å²) in [5.41, 5.74) is 0.0987. The number of rotatable bonds is 8. The van der Waals surface area contributed by atoms with Gasteiger partial charge in [0.25, 0.3) is 0 Å². The lowest BCUT2D eigenvalue weighted by molar-refractivity contribution is -0.137. The van der Waals surface area contributed by atoms with Crippen LogP contribution in [0.25, 0.3) is 10.8 Å². The van der Waals surface area contributed by atoms with E-state index in [0.29, 0.717) is 19.5 Å². The molecule has 0 radical (unpaired) electrons. The molecule has 5 nitrogen and oxygen atoms in total. The van der Waals surface area contributed by atoms with Gasteiger partial charge in [-0.15, -0.1) is 12.4 Å². The fraction of sp³-hybridized carbons (Fsp3) is 0.286. The van der Waals surface area contributed by atoms with Crippen LogP contribution >= 0.6 is 12.4 Å². The maximum Gasteiger partial charge on any atom is 0.416 e. The molecule has 0 saturated heterocycles. The average molecular weight is 474 g/mol. The molecule has 0 fully saturated rings. The molecule has 2 N–H and O–H groups in total. The second kappa shape index (κ2) is 10.4. The van der Waals surface area contributed by atoms with Gasteiger partial charge in [-0.2, -0.15) is 13.2 Å². The van der Waals surface area contributed by atoms with Gasteiger partial charge in [0, 0.05) is 30.4 Å². The van der Waals surface area contributed by atoms with E-state index >= 15 is 0 Å². The number of aromatic nitrogens is 1. The second-order valence-electron chi connectivity index (χ2n) is 7.06. The van der Waals surface area contributed by atoms with E-state index in [0.717, 1.165) is 28.5 Å². The highest BCUT2D eigenvalue weighted by molar-refractivity contribution is 7.89. The average Bonchev–Trinajstić information content (AvgIpc) is 2.70. The third-order valence-corrected chi connectivity index (χ3v) is 6.19. The van der Waals surface area contributed by atoms with Gasteiger partial charge in [-0.1, -0.05) is 18.2 Å². The van der Waals surface area contributed by atoms with E-state index in [4.69, 9.17) is 0 Å². The molecule has 0 aliphatic rings. The van der Waals surface area contributed by atoms with Crippen LogP contribution in [-0.2, 0) is 22.6 Å². The number of nitrogens with zero attached hydrogens (tertiary/aromatic N) is 1. The normalized spacial score (nSPS) is 13.0. The SMILES string of the molecule is C[C@H](CNCCc1ccc(C(F)(F)F)cc1)NS(=O)(=O)c1ccc2cnccc2c1.Cl. The lowest BCUT2D eigenvalue weighted by Crippen LogP contribution is -2.40. The Hall–Kier alpha value is -2.20. The van der Waals surface area contributed by atoms with Crippen LogP contribution in [0.3, 0.4) is 0 Å². The standard InChI is InChI=1S/C21H22F3N3O2S.ClH/c1-15(13-25-10-8-16-2-5-19(6-3-16)21(22,23)24)27-30(28,29)20-7-4-18-14-26-11-9-17(18)12-20;/h2-7,9,11-12,14-15,25,27H,8,10,13H2,1H3;1H/t15-;/m1./s1. The first kappa shape index (κ1) is 25.1. The van der Waals surface area contributed by atoms with Gasteiger partial charge in [0.1, 0.15) is 0 Å². The summed E-state index contributed by atoms with van der Waals surface area (Å²) < 4.78 is 65.6. The van der Waals surface area contributed by atoms with Crippen LogP contribution in [0.4, 0.5) is 13.2 Å². The van der Waals surface area contributed by atoms with Crippen molar-refractivity contribution >= 4 is 33.2 Å². The Balaban J connectivity index is 0.00000341. The van der Waals surface area contributed by atoms with Crippen molar-refractivity contribution in [2.45, 2.75) is 30.5 Å². The summed E-state index contributed by atoms with van der Waals surface area (Å²) in [6.45, 7) is 2.64. The first-order valence-corrected chi connectivity index (χ1v) is 10.9. The van der Waals surface area contributed by atoms with Crippen molar-refractivity contribution in [1.29, 1.82) is 0 Å². The minimum atomic E-state index is -4.34. The number of nitrogens with one attached hydrogen (secondary N) is 2. The summed E-state index contributed by atoms with van der Waals surface area (Å²) in [5.74, 6) is 0. The lowest BCUT2D eigenvalue weighted by atomic mass is 10.1. The van der Waals surface area contributed by atoms with Gasteiger partial charge in [0.15, 0.2) is 0 Å². The van der Waals surface area contributed by atoms with Gasteiger partial charge < -0.3 is 5.32 Å². The van der Waals surface area contributed by atoms with Crippen LogP contribution in [0.5, 0.6) is 0 Å². The molecular weight excluding hydrogens is 451 g/mol. The number of benzene rings is 2. The Bertz CT molecular complexity index is 1110. The first-order valence-electron chi connectivity index (χ1n) is 9.38. The molecule has 2 aromatic carbocycles. The molecule has 1 heterocycles. The summed E-state index contributed by atoms with van der Waals surface area (Å²) in [7, 11) is -3.68. The summed E-state index contributed by atoms with van der Waals surface area (Å²) in [4.78, 5) is 4.19. The summed E-state index contributed by atoms with van der Waals surface area (Å²) in [6, 6.07) is 11.3. The van der Waals surface area contributed by atoms with Crippen molar-refractivity contribution in [3.63, 3.8) is 0 Å². The van der Waals surface area contributed by atoms with Gasteiger partial charge in [-0.05, 0) is 61.2 Å². The maximum absolute atomic E-state index is 12.6. The van der Waals surface area contributed by atoms with E-state index < -0.39 is 21.8 Å². The van der Waals surface area contributed by atoms with Gasteiger partial charge in [0.05, 0.1) is 10.5 Å². The van der Waals surface area contributed by atoms with Gasteiger partial charge in [-0.25, -0.2) is 13.1 Å². The Morgan fingerprint density at radius 3 is 2.42 bits per heavy atom. The number of sulfonamides is 1. The quantitative estimate of drug-likeness (QED) is 0.482. The van der Waals surface area contributed by atoms with E-state index in [-0.39, 0.29) is 23.3 Å². The number of pyridine rings is 1. The first-order chi connectivity index (χ1) is 14.1. The van der Waals surface area contributed by atoms with Gasteiger partial charge in [-0.3, -0.25) is 4.98 Å². The van der Waals surface area contributed by atoms with E-state index in [9.17, 15) is 21.6 Å². The second-order valence-corrected chi connectivity index (χ2v) is 8.77. The number of fused-ring (bicyclic) bond motifs is 1. The van der Waals surface area contributed by atoms with Gasteiger partial charge in [0.2, 0.25) is 10.0 Å². The molecule has 0 unspecified atom stereocenters. The highest BCUT2D eigenvalue weighted by Gasteiger charge is 2.29. The monoisotopic (exact) mass is 473 g/mol. The fourth-order valence-electron chi connectivity index (χ4n) is 3.01. The number of hydrogen-bond donors (Lipinski definition) is 2. The fourth-order valence-corrected chi connectivity index (χ4v) is 4.29. The molecule has 10 heteroatoms. The number of alkyl halides is 3. The van der Waals surface area contributed by atoms with E-state index in [1.54, 1.807) is 37.5 Å². The molecular formula is C21H23ClF3N3O2S. The van der Waals surface area contributed by atoms with Gasteiger partial charge >= 0.3 is 6.18 Å². The van der Waals surface area contributed by atoms with Crippen LogP contribution in [0.15, 0.2) is 65.8 Å². The van der Waals surface area contributed by atoms with Crippen LogP contribution in [-0.4, -0.2) is 32.5 Å². The van der Waals surface area contributed by atoms with Crippen molar-refractivity contribution in [1.82, 2.24) is 15.0 Å². The summed E-state index contributed by atoms with van der Waals surface area (Å²) in [5, 5.41) is 4.77. The smallest absolute Gasteiger partial charge is 0.315 e. The Kier molecular flexibility index (Phi) is 8.41. The Morgan fingerprint density at radius 2 is 1.74 bits per heavy atom. The van der Waals surface area contributed by atoms with Crippen LogP contribution < -0.4 is 10.0 Å². The molecule has 1 aromatic heterocycles. The van der Waals surface area contributed by atoms with Crippen molar-refractivity contribution < 1.29 is 21.6 Å². The minimum absolute atomic E-state index is 0. The predicted octanol–water partition coefficient (Wildman–Crippen LogP) is 4.17. The molecule has 0 saturated carbocycles. The molecule has 0 spiro atoms. The summed E-state index contributed by atoms with van der Waals surface area (Å²) in [6.07, 6.45) is -0.528. The number of hydrogen-bond acceptors (Lipinski definition) is 4.